The van der Waals surface area contributed by atoms with E-state index < -0.39 is 11.6 Å². The Labute approximate surface area is 163 Å². The number of aromatic nitrogens is 3. The minimum Gasteiger partial charge on any atom is -0.356 e. The van der Waals surface area contributed by atoms with Gasteiger partial charge in [-0.1, -0.05) is 18.2 Å². The molecular weight excluding hydrogens is 358 g/mol. The monoisotopic (exact) mass is 381 g/mol. The number of rotatable bonds is 8. The van der Waals surface area contributed by atoms with Crippen molar-refractivity contribution in [3.63, 3.8) is 0 Å². The molecular formula is C21H23N3O4. The number of nitrogens with zero attached hydrogens (tertiary/aromatic N) is 3. The van der Waals surface area contributed by atoms with Gasteiger partial charge in [-0.05, 0) is 50.2 Å². The first kappa shape index (κ1) is 20.0. The molecule has 0 aromatic carbocycles. The van der Waals surface area contributed by atoms with Crippen LogP contribution in [0.2, 0.25) is 0 Å². The predicted octanol–water partition coefficient (Wildman–Crippen LogP) is 2.33. The molecule has 0 unspecified atom stereocenters. The number of pyridine rings is 3. The maximum absolute atomic E-state index is 11.3. The van der Waals surface area contributed by atoms with Crippen molar-refractivity contribution in [3.8, 4) is 0 Å². The van der Waals surface area contributed by atoms with Crippen molar-refractivity contribution in [2.24, 2.45) is 0 Å². The molecule has 0 fully saturated rings. The van der Waals surface area contributed by atoms with Crippen LogP contribution in [0.15, 0.2) is 67.0 Å². The lowest BCUT2D eigenvalue weighted by Gasteiger charge is -2.30. The molecule has 3 heterocycles. The number of hydrogen-bond acceptors (Lipinski definition) is 7. The number of aliphatic hydroxyl groups is 2. The van der Waals surface area contributed by atoms with Gasteiger partial charge in [0.2, 0.25) is 0 Å². The molecule has 146 valence electrons. The van der Waals surface area contributed by atoms with Crippen LogP contribution in [-0.2, 0) is 21.0 Å². The van der Waals surface area contributed by atoms with Gasteiger partial charge >= 0.3 is 0 Å². The normalized spacial score (nSPS) is 15.6. The smallest absolute Gasteiger partial charge is 0.254 e. The van der Waals surface area contributed by atoms with Crippen molar-refractivity contribution >= 4 is 0 Å². The molecule has 2 N–H and O–H groups in total. The summed E-state index contributed by atoms with van der Waals surface area (Å²) in [5.41, 5.74) is 0.942. The van der Waals surface area contributed by atoms with Gasteiger partial charge in [0.15, 0.2) is 0 Å². The first-order valence-corrected chi connectivity index (χ1v) is 9.08. The fourth-order valence-corrected chi connectivity index (χ4v) is 2.91. The zero-order chi connectivity index (χ0) is 20.0. The van der Waals surface area contributed by atoms with E-state index in [0.29, 0.717) is 11.4 Å². The topological polar surface area (TPSA) is 97.6 Å². The van der Waals surface area contributed by atoms with E-state index in [1.54, 1.807) is 80.8 Å². The molecule has 0 aliphatic rings. The Kier molecular flexibility index (Phi) is 6.11. The van der Waals surface area contributed by atoms with E-state index in [1.165, 1.54) is 0 Å². The molecule has 0 amide bonds. The Hall–Kier alpha value is -2.71. The van der Waals surface area contributed by atoms with Crippen molar-refractivity contribution in [2.75, 3.05) is 13.2 Å². The minimum atomic E-state index is -1.87. The summed E-state index contributed by atoms with van der Waals surface area (Å²) < 4.78 is 11.3. The fraction of sp³-hybridized carbons (Fsp3) is 0.286. The molecule has 3 aromatic heterocycles. The SMILES string of the molecule is CCO[C@](O)(c1ccccn1)c1cccc([C@](O)(OCC)c2ccccn2)n1. The van der Waals surface area contributed by atoms with Gasteiger partial charge in [0.05, 0.1) is 0 Å². The Morgan fingerprint density at radius 2 is 1.11 bits per heavy atom. The van der Waals surface area contributed by atoms with Crippen LogP contribution in [0.5, 0.6) is 0 Å². The van der Waals surface area contributed by atoms with Gasteiger partial charge in [0.25, 0.3) is 11.6 Å². The molecule has 2 atom stereocenters. The molecule has 3 aromatic rings. The highest BCUT2D eigenvalue weighted by Gasteiger charge is 2.40. The molecule has 7 heteroatoms. The fourth-order valence-electron chi connectivity index (χ4n) is 2.91. The molecule has 0 saturated heterocycles. The van der Waals surface area contributed by atoms with E-state index in [4.69, 9.17) is 9.47 Å². The van der Waals surface area contributed by atoms with Gasteiger partial charge in [0.1, 0.15) is 22.8 Å². The van der Waals surface area contributed by atoms with E-state index in [0.717, 1.165) is 0 Å². The predicted molar refractivity (Wildman–Crippen MR) is 102 cm³/mol. The van der Waals surface area contributed by atoms with Gasteiger partial charge in [-0.3, -0.25) is 9.97 Å². The summed E-state index contributed by atoms with van der Waals surface area (Å²) >= 11 is 0. The van der Waals surface area contributed by atoms with Crippen molar-refractivity contribution in [3.05, 3.63) is 89.8 Å². The minimum absolute atomic E-state index is 0.180. The average Bonchev–Trinajstić information content (AvgIpc) is 2.75. The second kappa shape index (κ2) is 8.53. The third-order valence-corrected chi connectivity index (χ3v) is 4.17. The molecule has 0 radical (unpaired) electrons. The van der Waals surface area contributed by atoms with E-state index in [2.05, 4.69) is 15.0 Å². The summed E-state index contributed by atoms with van der Waals surface area (Å²) in [4.78, 5) is 12.9. The largest absolute Gasteiger partial charge is 0.356 e. The average molecular weight is 381 g/mol. The van der Waals surface area contributed by atoms with Gasteiger partial charge in [-0.25, -0.2) is 4.98 Å². The highest BCUT2D eigenvalue weighted by Crippen LogP contribution is 2.32. The van der Waals surface area contributed by atoms with Crippen LogP contribution >= 0.6 is 0 Å². The second-order valence-corrected chi connectivity index (χ2v) is 5.99. The maximum Gasteiger partial charge on any atom is 0.254 e. The van der Waals surface area contributed by atoms with Crippen LogP contribution in [0.25, 0.3) is 0 Å². The highest BCUT2D eigenvalue weighted by atomic mass is 16.6. The molecule has 0 saturated carbocycles. The zero-order valence-electron chi connectivity index (χ0n) is 15.8. The van der Waals surface area contributed by atoms with E-state index in [1.807, 2.05) is 0 Å². The highest BCUT2D eigenvalue weighted by molar-refractivity contribution is 5.30. The number of hydrogen-bond donors (Lipinski definition) is 2. The lowest BCUT2D eigenvalue weighted by Crippen LogP contribution is -2.37. The molecule has 28 heavy (non-hydrogen) atoms. The lowest BCUT2D eigenvalue weighted by atomic mass is 10.0. The second-order valence-electron chi connectivity index (χ2n) is 5.99. The van der Waals surface area contributed by atoms with Crippen LogP contribution in [0, 0.1) is 0 Å². The Bertz CT molecular complexity index is 824. The van der Waals surface area contributed by atoms with Crippen LogP contribution < -0.4 is 0 Å². The van der Waals surface area contributed by atoms with E-state index in [9.17, 15) is 10.2 Å². The van der Waals surface area contributed by atoms with Crippen molar-refractivity contribution in [1.82, 2.24) is 15.0 Å². The third-order valence-electron chi connectivity index (χ3n) is 4.17. The van der Waals surface area contributed by atoms with Crippen molar-refractivity contribution in [2.45, 2.75) is 25.4 Å². The Balaban J connectivity index is 2.12. The standard InChI is InChI=1S/C21H23N3O4/c1-3-27-20(25,16-10-5-7-14-22-16)18-12-9-13-19(24-18)21(26,28-4-2)17-11-6-8-15-23-17/h5-15,25-26H,3-4H2,1-2H3/t20-,21-/m1/s1. The summed E-state index contributed by atoms with van der Waals surface area (Å²) in [6.07, 6.45) is 3.13. The first-order chi connectivity index (χ1) is 13.5. The lowest BCUT2D eigenvalue weighted by molar-refractivity contribution is -0.189. The van der Waals surface area contributed by atoms with Crippen LogP contribution in [-0.4, -0.2) is 38.4 Å². The van der Waals surface area contributed by atoms with Gasteiger partial charge < -0.3 is 19.7 Å². The molecule has 3 rings (SSSR count). The summed E-state index contributed by atoms with van der Waals surface area (Å²) in [6.45, 7) is 3.99. The molecule has 0 aliphatic heterocycles. The van der Waals surface area contributed by atoms with Crippen molar-refractivity contribution in [1.29, 1.82) is 0 Å². The van der Waals surface area contributed by atoms with Crippen LogP contribution in [0.3, 0.4) is 0 Å². The van der Waals surface area contributed by atoms with E-state index in [-0.39, 0.29) is 24.6 Å². The summed E-state index contributed by atoms with van der Waals surface area (Å²) in [6, 6.07) is 15.2. The van der Waals surface area contributed by atoms with Crippen LogP contribution in [0.1, 0.15) is 36.6 Å². The molecule has 0 spiro atoms. The van der Waals surface area contributed by atoms with Gasteiger partial charge in [0, 0.05) is 25.6 Å². The maximum atomic E-state index is 11.3. The summed E-state index contributed by atoms with van der Waals surface area (Å²) in [5.74, 6) is -3.74. The molecule has 7 nitrogen and oxygen atoms in total. The summed E-state index contributed by atoms with van der Waals surface area (Å²) in [7, 11) is 0. The number of ether oxygens (including phenoxy) is 2. The van der Waals surface area contributed by atoms with Crippen molar-refractivity contribution < 1.29 is 19.7 Å². The first-order valence-electron chi connectivity index (χ1n) is 9.08. The Morgan fingerprint density at radius 3 is 1.46 bits per heavy atom. The Morgan fingerprint density at radius 1 is 0.679 bits per heavy atom. The van der Waals surface area contributed by atoms with E-state index >= 15 is 0 Å². The molecule has 0 bridgehead atoms. The molecule has 0 aliphatic carbocycles. The third kappa shape index (κ3) is 3.79. The zero-order valence-corrected chi connectivity index (χ0v) is 15.8. The van der Waals surface area contributed by atoms with Gasteiger partial charge in [-0.2, -0.15) is 0 Å². The van der Waals surface area contributed by atoms with Crippen LogP contribution in [0.4, 0.5) is 0 Å². The summed E-state index contributed by atoms with van der Waals surface area (Å²) in [5, 5.41) is 22.5. The quantitative estimate of drug-likeness (QED) is 0.578. The van der Waals surface area contributed by atoms with Gasteiger partial charge in [-0.15, -0.1) is 0 Å².